The van der Waals surface area contributed by atoms with E-state index in [0.29, 0.717) is 11.9 Å². The van der Waals surface area contributed by atoms with Gasteiger partial charge in [-0.2, -0.15) is 4.98 Å². The maximum absolute atomic E-state index is 5.15. The Morgan fingerprint density at radius 1 is 1.44 bits per heavy atom. The summed E-state index contributed by atoms with van der Waals surface area (Å²) in [6.07, 6.45) is 0. The largest absolute Gasteiger partial charge is 0.481 e. The molecule has 0 saturated carbocycles. The van der Waals surface area contributed by atoms with Crippen LogP contribution >= 0.6 is 15.9 Å². The Morgan fingerprint density at radius 3 is 2.62 bits per heavy atom. The van der Waals surface area contributed by atoms with Crippen molar-refractivity contribution in [2.45, 2.75) is 26.8 Å². The number of alkyl halides is 1. The molecular formula is C11H18BrN3O. The van der Waals surface area contributed by atoms with Crippen LogP contribution in [0.4, 0.5) is 5.82 Å². The molecule has 90 valence electrons. The number of nitrogens with zero attached hydrogens (tertiary/aromatic N) is 3. The lowest BCUT2D eigenvalue weighted by atomic mass is 10.3. The van der Waals surface area contributed by atoms with E-state index in [0.717, 1.165) is 23.5 Å². The molecule has 1 heterocycles. The van der Waals surface area contributed by atoms with Crippen molar-refractivity contribution in [3.63, 3.8) is 0 Å². The summed E-state index contributed by atoms with van der Waals surface area (Å²) in [5, 5.41) is 0.913. The van der Waals surface area contributed by atoms with Crippen LogP contribution in [-0.4, -0.2) is 35.0 Å². The van der Waals surface area contributed by atoms with E-state index < -0.39 is 0 Å². The third kappa shape index (κ3) is 3.33. The molecule has 0 aromatic carbocycles. The first-order valence-electron chi connectivity index (χ1n) is 5.30. The highest BCUT2D eigenvalue weighted by atomic mass is 79.9. The molecule has 0 atom stereocenters. The monoisotopic (exact) mass is 287 g/mol. The number of rotatable bonds is 5. The molecule has 5 heteroatoms. The lowest BCUT2D eigenvalue weighted by Crippen LogP contribution is -2.33. The molecule has 0 fully saturated rings. The van der Waals surface area contributed by atoms with Gasteiger partial charge in [-0.1, -0.05) is 15.9 Å². The van der Waals surface area contributed by atoms with Crippen LogP contribution in [0.25, 0.3) is 0 Å². The molecule has 0 radical (unpaired) electrons. The smallest absolute Gasteiger partial charge is 0.218 e. The predicted octanol–water partition coefficient (Wildman–Crippen LogP) is 2.40. The number of aryl methyl sites for hydroxylation is 1. The Balaban J connectivity index is 3.03. The van der Waals surface area contributed by atoms with E-state index in [1.165, 1.54) is 0 Å². The van der Waals surface area contributed by atoms with Crippen molar-refractivity contribution < 1.29 is 4.74 Å². The van der Waals surface area contributed by atoms with Crippen LogP contribution in [-0.2, 0) is 0 Å². The summed E-state index contributed by atoms with van der Waals surface area (Å²) in [7, 11) is 1.62. The Kier molecular flexibility index (Phi) is 4.99. The highest BCUT2D eigenvalue weighted by molar-refractivity contribution is 9.09. The van der Waals surface area contributed by atoms with Crippen LogP contribution in [0.1, 0.15) is 19.7 Å². The fraction of sp³-hybridized carbons (Fsp3) is 0.636. The Morgan fingerprint density at radius 2 is 2.12 bits per heavy atom. The van der Waals surface area contributed by atoms with Gasteiger partial charge in [0.2, 0.25) is 5.88 Å². The molecule has 4 nitrogen and oxygen atoms in total. The van der Waals surface area contributed by atoms with Crippen LogP contribution in [0, 0.1) is 6.92 Å². The van der Waals surface area contributed by atoms with Crippen LogP contribution in [0.5, 0.6) is 5.88 Å². The van der Waals surface area contributed by atoms with Gasteiger partial charge in [0, 0.05) is 24.0 Å². The number of ether oxygens (including phenoxy) is 1. The molecule has 0 spiro atoms. The molecule has 1 rings (SSSR count). The average Bonchev–Trinajstić information content (AvgIpc) is 2.24. The topological polar surface area (TPSA) is 38.2 Å². The summed E-state index contributed by atoms with van der Waals surface area (Å²) in [5.41, 5.74) is 0. The zero-order valence-electron chi connectivity index (χ0n) is 10.2. The first-order chi connectivity index (χ1) is 7.58. The second-order valence-electron chi connectivity index (χ2n) is 3.79. The number of methoxy groups -OCH3 is 1. The van der Waals surface area contributed by atoms with Crippen molar-refractivity contribution >= 4 is 21.7 Å². The van der Waals surface area contributed by atoms with Gasteiger partial charge >= 0.3 is 0 Å². The Labute approximate surface area is 105 Å². The number of anilines is 1. The minimum absolute atomic E-state index is 0.400. The molecule has 0 unspecified atom stereocenters. The van der Waals surface area contributed by atoms with Crippen molar-refractivity contribution in [3.05, 3.63) is 11.9 Å². The normalized spacial score (nSPS) is 10.6. The molecular weight excluding hydrogens is 270 g/mol. The lowest BCUT2D eigenvalue weighted by molar-refractivity contribution is 0.395. The number of halogens is 1. The van der Waals surface area contributed by atoms with E-state index in [4.69, 9.17) is 4.74 Å². The molecule has 0 N–H and O–H groups in total. The second kappa shape index (κ2) is 6.03. The molecule has 0 aliphatic carbocycles. The van der Waals surface area contributed by atoms with Gasteiger partial charge in [-0.05, 0) is 20.8 Å². The highest BCUT2D eigenvalue weighted by Gasteiger charge is 2.13. The zero-order valence-corrected chi connectivity index (χ0v) is 11.8. The van der Waals surface area contributed by atoms with Crippen LogP contribution in [0.2, 0.25) is 0 Å². The summed E-state index contributed by atoms with van der Waals surface area (Å²) in [5.74, 6) is 2.26. The number of aromatic nitrogens is 2. The fourth-order valence-corrected chi connectivity index (χ4v) is 1.89. The van der Waals surface area contributed by atoms with E-state index >= 15 is 0 Å². The summed E-state index contributed by atoms with van der Waals surface area (Å²) in [6, 6.07) is 2.27. The average molecular weight is 288 g/mol. The first kappa shape index (κ1) is 13.2. The van der Waals surface area contributed by atoms with Crippen molar-refractivity contribution in [2.75, 3.05) is 23.9 Å². The van der Waals surface area contributed by atoms with Gasteiger partial charge in [0.05, 0.1) is 7.11 Å². The SMILES string of the molecule is COc1cc(N(CCBr)C(C)C)nc(C)n1. The molecule has 0 saturated heterocycles. The third-order valence-electron chi connectivity index (χ3n) is 2.25. The summed E-state index contributed by atoms with van der Waals surface area (Å²) < 4.78 is 5.15. The fourth-order valence-electron chi connectivity index (χ4n) is 1.51. The summed E-state index contributed by atoms with van der Waals surface area (Å²) in [6.45, 7) is 7.08. The van der Waals surface area contributed by atoms with Crippen molar-refractivity contribution in [3.8, 4) is 5.88 Å². The molecule has 0 aliphatic rings. The standard InChI is InChI=1S/C11H18BrN3O/c1-8(2)15(6-5-12)10-7-11(16-4)14-9(3)13-10/h7-8H,5-6H2,1-4H3. The number of hydrogen-bond acceptors (Lipinski definition) is 4. The van der Waals surface area contributed by atoms with Gasteiger partial charge in [0.1, 0.15) is 11.6 Å². The number of hydrogen-bond donors (Lipinski definition) is 0. The van der Waals surface area contributed by atoms with Crippen LogP contribution in [0.15, 0.2) is 6.07 Å². The summed E-state index contributed by atoms with van der Waals surface area (Å²) >= 11 is 3.45. The third-order valence-corrected chi connectivity index (χ3v) is 2.61. The molecule has 0 aliphatic heterocycles. The van der Waals surface area contributed by atoms with Gasteiger partial charge < -0.3 is 9.64 Å². The van der Waals surface area contributed by atoms with E-state index in [9.17, 15) is 0 Å². The van der Waals surface area contributed by atoms with Gasteiger partial charge in [0.15, 0.2) is 0 Å². The molecule has 0 amide bonds. The maximum Gasteiger partial charge on any atom is 0.218 e. The second-order valence-corrected chi connectivity index (χ2v) is 4.58. The zero-order chi connectivity index (χ0) is 12.1. The highest BCUT2D eigenvalue weighted by Crippen LogP contribution is 2.19. The van der Waals surface area contributed by atoms with Gasteiger partial charge in [-0.3, -0.25) is 0 Å². The van der Waals surface area contributed by atoms with Crippen molar-refractivity contribution in [2.24, 2.45) is 0 Å². The van der Waals surface area contributed by atoms with E-state index in [1.807, 2.05) is 13.0 Å². The quantitative estimate of drug-likeness (QED) is 0.780. The Hall–Kier alpha value is -0.840. The molecule has 16 heavy (non-hydrogen) atoms. The minimum atomic E-state index is 0.400. The Bertz CT molecular complexity index is 344. The maximum atomic E-state index is 5.15. The van der Waals surface area contributed by atoms with Crippen molar-refractivity contribution in [1.29, 1.82) is 0 Å². The van der Waals surface area contributed by atoms with E-state index in [-0.39, 0.29) is 0 Å². The molecule has 0 bridgehead atoms. The lowest BCUT2D eigenvalue weighted by Gasteiger charge is -2.27. The van der Waals surface area contributed by atoms with Gasteiger partial charge in [0.25, 0.3) is 0 Å². The van der Waals surface area contributed by atoms with Gasteiger partial charge in [-0.15, -0.1) is 0 Å². The van der Waals surface area contributed by atoms with E-state index in [1.54, 1.807) is 7.11 Å². The van der Waals surface area contributed by atoms with E-state index in [2.05, 4.69) is 44.6 Å². The predicted molar refractivity (Wildman–Crippen MR) is 69.6 cm³/mol. The minimum Gasteiger partial charge on any atom is -0.481 e. The van der Waals surface area contributed by atoms with Gasteiger partial charge in [-0.25, -0.2) is 4.98 Å². The first-order valence-corrected chi connectivity index (χ1v) is 6.43. The molecule has 1 aromatic rings. The van der Waals surface area contributed by atoms with Crippen LogP contribution in [0.3, 0.4) is 0 Å². The summed E-state index contributed by atoms with van der Waals surface area (Å²) in [4.78, 5) is 10.8. The van der Waals surface area contributed by atoms with Crippen LogP contribution < -0.4 is 9.64 Å². The van der Waals surface area contributed by atoms with Crippen molar-refractivity contribution in [1.82, 2.24) is 9.97 Å². The molecule has 1 aromatic heterocycles.